The molecular formula is C14H19N5O. The Kier molecular flexibility index (Phi) is 2.77. The van der Waals surface area contributed by atoms with Crippen LogP contribution in [0, 0.1) is 5.92 Å². The van der Waals surface area contributed by atoms with E-state index in [1.54, 1.807) is 0 Å². The number of hydrogen-bond acceptors (Lipinski definition) is 6. The molecule has 0 bridgehead atoms. The fourth-order valence-electron chi connectivity index (χ4n) is 2.96. The van der Waals surface area contributed by atoms with Gasteiger partial charge in [-0.05, 0) is 41.2 Å². The second-order valence-electron chi connectivity index (χ2n) is 5.87. The Morgan fingerprint density at radius 1 is 1.10 bits per heavy atom. The van der Waals surface area contributed by atoms with Crippen molar-refractivity contribution in [2.45, 2.75) is 12.8 Å². The highest BCUT2D eigenvalue weighted by molar-refractivity contribution is 5.95. The van der Waals surface area contributed by atoms with Crippen molar-refractivity contribution in [3.05, 3.63) is 12.1 Å². The van der Waals surface area contributed by atoms with E-state index >= 15 is 0 Å². The molecule has 0 radical (unpaired) electrons. The lowest BCUT2D eigenvalue weighted by atomic mass is 10.2. The van der Waals surface area contributed by atoms with E-state index in [2.05, 4.69) is 20.1 Å². The fourth-order valence-corrected chi connectivity index (χ4v) is 2.96. The molecule has 1 aromatic carbocycles. The highest BCUT2D eigenvalue weighted by Crippen LogP contribution is 2.31. The van der Waals surface area contributed by atoms with Crippen LogP contribution in [0.25, 0.3) is 11.0 Å². The summed E-state index contributed by atoms with van der Waals surface area (Å²) in [6.07, 6.45) is 2.84. The van der Waals surface area contributed by atoms with Crippen molar-refractivity contribution >= 4 is 22.4 Å². The highest BCUT2D eigenvalue weighted by Gasteiger charge is 2.27. The largest absolute Gasteiger partial charge is 0.397 e. The van der Waals surface area contributed by atoms with Crippen LogP contribution in [0.4, 0.5) is 11.4 Å². The van der Waals surface area contributed by atoms with Gasteiger partial charge >= 0.3 is 0 Å². The average Bonchev–Trinajstić information content (AvgIpc) is 3.13. The van der Waals surface area contributed by atoms with E-state index in [0.29, 0.717) is 11.2 Å². The quantitative estimate of drug-likeness (QED) is 0.851. The lowest BCUT2D eigenvalue weighted by molar-refractivity contribution is 0.248. The van der Waals surface area contributed by atoms with E-state index in [0.717, 1.165) is 43.3 Å². The van der Waals surface area contributed by atoms with E-state index in [1.807, 2.05) is 12.1 Å². The fraction of sp³-hybridized carbons (Fsp3) is 0.571. The van der Waals surface area contributed by atoms with Gasteiger partial charge in [0.1, 0.15) is 0 Å². The SMILES string of the molecule is Nc1ccc(N2CCN(CC3CC3)CC2)c2nonc12. The van der Waals surface area contributed by atoms with E-state index in [1.165, 1.54) is 19.4 Å². The van der Waals surface area contributed by atoms with Crippen LogP contribution in [-0.4, -0.2) is 47.9 Å². The molecule has 2 N–H and O–H groups in total. The number of nitrogens with zero attached hydrogens (tertiary/aromatic N) is 4. The first-order valence-corrected chi connectivity index (χ1v) is 7.29. The lowest BCUT2D eigenvalue weighted by Crippen LogP contribution is -2.47. The van der Waals surface area contributed by atoms with Crippen molar-refractivity contribution in [3.63, 3.8) is 0 Å². The Bertz CT molecular complexity index is 613. The second kappa shape index (κ2) is 4.63. The summed E-state index contributed by atoms with van der Waals surface area (Å²) in [6.45, 7) is 5.56. The topological polar surface area (TPSA) is 71.4 Å². The van der Waals surface area contributed by atoms with Crippen LogP contribution in [0.3, 0.4) is 0 Å². The normalized spacial score (nSPS) is 20.7. The molecule has 106 valence electrons. The first-order valence-electron chi connectivity index (χ1n) is 7.29. The van der Waals surface area contributed by atoms with Gasteiger partial charge in [0.25, 0.3) is 0 Å². The summed E-state index contributed by atoms with van der Waals surface area (Å²) in [5, 5.41) is 7.90. The zero-order valence-electron chi connectivity index (χ0n) is 11.5. The summed E-state index contributed by atoms with van der Waals surface area (Å²) < 4.78 is 4.84. The van der Waals surface area contributed by atoms with E-state index in [-0.39, 0.29) is 0 Å². The molecule has 0 atom stereocenters. The van der Waals surface area contributed by atoms with Crippen molar-refractivity contribution in [1.29, 1.82) is 0 Å². The van der Waals surface area contributed by atoms with Crippen molar-refractivity contribution in [1.82, 2.24) is 15.2 Å². The van der Waals surface area contributed by atoms with Gasteiger partial charge in [0.2, 0.25) is 0 Å². The van der Waals surface area contributed by atoms with Gasteiger partial charge in [-0.15, -0.1) is 0 Å². The number of anilines is 2. The second-order valence-corrected chi connectivity index (χ2v) is 5.87. The Labute approximate surface area is 117 Å². The minimum Gasteiger partial charge on any atom is -0.397 e. The first-order chi connectivity index (χ1) is 9.81. The molecule has 1 saturated heterocycles. The van der Waals surface area contributed by atoms with E-state index in [4.69, 9.17) is 10.4 Å². The smallest absolute Gasteiger partial charge is 0.160 e. The lowest BCUT2D eigenvalue weighted by Gasteiger charge is -2.36. The molecule has 20 heavy (non-hydrogen) atoms. The summed E-state index contributed by atoms with van der Waals surface area (Å²) in [5.41, 5.74) is 9.05. The number of fused-ring (bicyclic) bond motifs is 1. The number of piperazine rings is 1. The van der Waals surface area contributed by atoms with Crippen LogP contribution in [0.2, 0.25) is 0 Å². The zero-order valence-corrected chi connectivity index (χ0v) is 11.5. The van der Waals surface area contributed by atoms with E-state index < -0.39 is 0 Å². The molecule has 0 amide bonds. The molecule has 6 heteroatoms. The molecule has 1 aliphatic heterocycles. The summed E-state index contributed by atoms with van der Waals surface area (Å²) in [4.78, 5) is 4.93. The van der Waals surface area contributed by atoms with Crippen LogP contribution in [0.5, 0.6) is 0 Å². The summed E-state index contributed by atoms with van der Waals surface area (Å²) in [7, 11) is 0. The number of nitrogens with two attached hydrogens (primary N) is 1. The number of nitrogen functional groups attached to an aromatic ring is 1. The van der Waals surface area contributed by atoms with Crippen LogP contribution in [0.15, 0.2) is 16.8 Å². The van der Waals surface area contributed by atoms with Crippen LogP contribution < -0.4 is 10.6 Å². The maximum absolute atomic E-state index is 5.89. The molecule has 2 aromatic rings. The Hall–Kier alpha value is -1.82. The van der Waals surface area contributed by atoms with Crippen molar-refractivity contribution in [2.75, 3.05) is 43.4 Å². The molecule has 2 aliphatic rings. The van der Waals surface area contributed by atoms with Gasteiger partial charge in [0.05, 0.1) is 11.4 Å². The monoisotopic (exact) mass is 273 g/mol. The van der Waals surface area contributed by atoms with Crippen LogP contribution >= 0.6 is 0 Å². The zero-order chi connectivity index (χ0) is 13.5. The molecule has 2 fully saturated rings. The predicted octanol–water partition coefficient (Wildman–Crippen LogP) is 1.34. The predicted molar refractivity (Wildman–Crippen MR) is 77.6 cm³/mol. The maximum atomic E-state index is 5.89. The van der Waals surface area contributed by atoms with Crippen molar-refractivity contribution in [2.24, 2.45) is 5.92 Å². The summed E-state index contributed by atoms with van der Waals surface area (Å²) >= 11 is 0. The maximum Gasteiger partial charge on any atom is 0.160 e. The van der Waals surface area contributed by atoms with Gasteiger partial charge in [-0.25, -0.2) is 4.63 Å². The molecule has 0 spiro atoms. The van der Waals surface area contributed by atoms with Crippen molar-refractivity contribution < 1.29 is 4.63 Å². The average molecular weight is 273 g/mol. The third-order valence-electron chi connectivity index (χ3n) is 4.35. The molecule has 2 heterocycles. The molecule has 1 saturated carbocycles. The molecule has 0 unspecified atom stereocenters. The Balaban J connectivity index is 1.52. The van der Waals surface area contributed by atoms with Gasteiger partial charge in [-0.3, -0.25) is 4.90 Å². The molecular weight excluding hydrogens is 254 g/mol. The summed E-state index contributed by atoms with van der Waals surface area (Å²) in [5.74, 6) is 0.963. The van der Waals surface area contributed by atoms with Gasteiger partial charge in [0, 0.05) is 32.7 Å². The number of aromatic nitrogens is 2. The molecule has 4 rings (SSSR count). The standard InChI is InChI=1S/C14H19N5O/c15-11-3-4-12(14-13(11)16-20-17-14)19-7-5-18(6-8-19)9-10-1-2-10/h3-4,10H,1-2,5-9,15H2. The first kappa shape index (κ1) is 12.0. The Morgan fingerprint density at radius 2 is 1.85 bits per heavy atom. The van der Waals surface area contributed by atoms with Gasteiger partial charge < -0.3 is 10.6 Å². The van der Waals surface area contributed by atoms with Gasteiger partial charge in [-0.2, -0.15) is 0 Å². The number of hydrogen-bond donors (Lipinski definition) is 1. The van der Waals surface area contributed by atoms with E-state index in [9.17, 15) is 0 Å². The van der Waals surface area contributed by atoms with Crippen molar-refractivity contribution in [3.8, 4) is 0 Å². The highest BCUT2D eigenvalue weighted by atomic mass is 16.6. The van der Waals surface area contributed by atoms with Crippen LogP contribution in [-0.2, 0) is 0 Å². The number of rotatable bonds is 3. The van der Waals surface area contributed by atoms with Gasteiger partial charge in [-0.1, -0.05) is 0 Å². The molecule has 6 nitrogen and oxygen atoms in total. The van der Waals surface area contributed by atoms with Crippen LogP contribution in [0.1, 0.15) is 12.8 Å². The minimum absolute atomic E-state index is 0.623. The number of benzene rings is 1. The minimum atomic E-state index is 0.623. The van der Waals surface area contributed by atoms with Gasteiger partial charge in [0.15, 0.2) is 11.0 Å². The third-order valence-corrected chi connectivity index (χ3v) is 4.35. The Morgan fingerprint density at radius 3 is 2.60 bits per heavy atom. The third kappa shape index (κ3) is 2.10. The molecule has 1 aliphatic carbocycles. The molecule has 1 aromatic heterocycles. The summed E-state index contributed by atoms with van der Waals surface area (Å²) in [6, 6.07) is 3.91.